The van der Waals surface area contributed by atoms with Gasteiger partial charge in [-0.1, -0.05) is 212 Å². The summed E-state index contributed by atoms with van der Waals surface area (Å²) in [5.41, 5.74) is 0. The molecule has 0 aliphatic carbocycles. The van der Waals surface area contributed by atoms with E-state index >= 15 is 0 Å². The predicted molar refractivity (Wildman–Crippen MR) is 241 cm³/mol. The number of hydrogen-bond acceptors (Lipinski definition) is 5. The molecule has 2 unspecified atom stereocenters. The molecular formula is C50H95NO5. The van der Waals surface area contributed by atoms with Crippen molar-refractivity contribution < 1.29 is 24.5 Å². The van der Waals surface area contributed by atoms with Crippen LogP contribution in [0.2, 0.25) is 0 Å². The summed E-state index contributed by atoms with van der Waals surface area (Å²) in [6.45, 7) is 4.82. The van der Waals surface area contributed by atoms with Crippen LogP contribution in [0.5, 0.6) is 0 Å². The van der Waals surface area contributed by atoms with E-state index in [1.807, 2.05) is 6.08 Å². The zero-order chi connectivity index (χ0) is 40.8. The van der Waals surface area contributed by atoms with E-state index in [0.717, 1.165) is 83.5 Å². The van der Waals surface area contributed by atoms with E-state index in [2.05, 4.69) is 31.3 Å². The largest absolute Gasteiger partial charge is 0.466 e. The van der Waals surface area contributed by atoms with Crippen molar-refractivity contribution in [3.8, 4) is 0 Å². The summed E-state index contributed by atoms with van der Waals surface area (Å²) in [7, 11) is 0. The van der Waals surface area contributed by atoms with E-state index in [-0.39, 0.29) is 18.5 Å². The number of allylic oxidation sites excluding steroid dienone is 3. The van der Waals surface area contributed by atoms with Gasteiger partial charge in [-0.05, 0) is 57.8 Å². The summed E-state index contributed by atoms with van der Waals surface area (Å²) in [5, 5.41) is 23.0. The maximum absolute atomic E-state index is 12.4. The van der Waals surface area contributed by atoms with Gasteiger partial charge in [0, 0.05) is 12.8 Å². The van der Waals surface area contributed by atoms with Crippen molar-refractivity contribution >= 4 is 11.9 Å². The number of hydrogen-bond donors (Lipinski definition) is 3. The molecule has 56 heavy (non-hydrogen) atoms. The van der Waals surface area contributed by atoms with Gasteiger partial charge in [-0.15, -0.1) is 0 Å². The molecule has 0 aliphatic heterocycles. The summed E-state index contributed by atoms with van der Waals surface area (Å²) in [6, 6.07) is -0.648. The first kappa shape index (κ1) is 54.3. The summed E-state index contributed by atoms with van der Waals surface area (Å²) in [6.07, 6.45) is 53.1. The molecule has 2 atom stereocenters. The van der Waals surface area contributed by atoms with Gasteiger partial charge in [0.25, 0.3) is 0 Å². The Morgan fingerprint density at radius 3 is 1.27 bits per heavy atom. The Morgan fingerprint density at radius 1 is 0.482 bits per heavy atom. The number of carbonyl (C=O) groups is 2. The highest BCUT2D eigenvalue weighted by Gasteiger charge is 2.18. The van der Waals surface area contributed by atoms with Gasteiger partial charge in [-0.2, -0.15) is 0 Å². The van der Waals surface area contributed by atoms with Crippen molar-refractivity contribution in [1.82, 2.24) is 5.32 Å². The summed E-state index contributed by atoms with van der Waals surface area (Å²) < 4.78 is 5.41. The molecule has 0 saturated heterocycles. The Labute approximate surface area is 348 Å². The fraction of sp³-hybridized carbons (Fsp3) is 0.880. The van der Waals surface area contributed by atoms with E-state index in [1.54, 1.807) is 6.08 Å². The van der Waals surface area contributed by atoms with Crippen LogP contribution in [0.3, 0.4) is 0 Å². The molecule has 0 fully saturated rings. The topological polar surface area (TPSA) is 95.9 Å². The van der Waals surface area contributed by atoms with Crippen molar-refractivity contribution in [2.45, 2.75) is 270 Å². The fourth-order valence-corrected chi connectivity index (χ4v) is 7.39. The highest BCUT2D eigenvalue weighted by atomic mass is 16.5. The van der Waals surface area contributed by atoms with Gasteiger partial charge >= 0.3 is 5.97 Å². The molecule has 6 nitrogen and oxygen atoms in total. The normalized spacial score (nSPS) is 12.9. The van der Waals surface area contributed by atoms with E-state index in [0.29, 0.717) is 19.4 Å². The quantitative estimate of drug-likeness (QED) is 0.0324. The van der Waals surface area contributed by atoms with Crippen molar-refractivity contribution in [3.63, 3.8) is 0 Å². The molecule has 0 spiro atoms. The van der Waals surface area contributed by atoms with Gasteiger partial charge < -0.3 is 20.3 Å². The number of aliphatic hydroxyl groups excluding tert-OH is 2. The molecule has 0 aromatic heterocycles. The molecule has 1 amide bonds. The molecule has 0 aromatic rings. The van der Waals surface area contributed by atoms with E-state index < -0.39 is 12.1 Å². The second-order valence-corrected chi connectivity index (χ2v) is 16.8. The molecule has 330 valence electrons. The lowest BCUT2D eigenvalue weighted by molar-refractivity contribution is -0.143. The van der Waals surface area contributed by atoms with Crippen LogP contribution in [0.15, 0.2) is 24.3 Å². The SMILES string of the molecule is CCCCCCCCCCCCCCCCC/C=C/C(O)C(CO)NC(=O)CCCCCCC/C=C\CCCCOC(=O)CCCCCCCCCCCCC. The molecule has 0 rings (SSSR count). The number of aliphatic hydroxyl groups is 2. The molecule has 0 aromatic carbocycles. The molecule has 6 heteroatoms. The maximum Gasteiger partial charge on any atom is 0.305 e. The van der Waals surface area contributed by atoms with Crippen LogP contribution in [0.25, 0.3) is 0 Å². The van der Waals surface area contributed by atoms with Gasteiger partial charge in [-0.3, -0.25) is 9.59 Å². The number of ether oxygens (including phenoxy) is 1. The molecule has 0 bridgehead atoms. The molecular weight excluding hydrogens is 695 g/mol. The second kappa shape index (κ2) is 46.0. The smallest absolute Gasteiger partial charge is 0.305 e. The van der Waals surface area contributed by atoms with Crippen molar-refractivity contribution in [3.05, 3.63) is 24.3 Å². The minimum Gasteiger partial charge on any atom is -0.466 e. The summed E-state index contributed by atoms with van der Waals surface area (Å²) >= 11 is 0. The van der Waals surface area contributed by atoms with Gasteiger partial charge in [0.15, 0.2) is 0 Å². The van der Waals surface area contributed by atoms with Crippen molar-refractivity contribution in [2.24, 2.45) is 0 Å². The van der Waals surface area contributed by atoms with Crippen LogP contribution in [-0.4, -0.2) is 47.4 Å². The first-order valence-corrected chi connectivity index (χ1v) is 24.6. The van der Waals surface area contributed by atoms with Gasteiger partial charge in [0.05, 0.1) is 25.4 Å². The molecule has 0 heterocycles. The Morgan fingerprint density at radius 2 is 0.839 bits per heavy atom. The minimum atomic E-state index is -0.861. The molecule has 3 N–H and O–H groups in total. The lowest BCUT2D eigenvalue weighted by Crippen LogP contribution is -2.45. The van der Waals surface area contributed by atoms with E-state index in [9.17, 15) is 19.8 Å². The van der Waals surface area contributed by atoms with Crippen LogP contribution in [0, 0.1) is 0 Å². The van der Waals surface area contributed by atoms with Crippen molar-refractivity contribution in [2.75, 3.05) is 13.2 Å². The third-order valence-electron chi connectivity index (χ3n) is 11.2. The Hall–Kier alpha value is -1.66. The molecule has 0 aliphatic rings. The average Bonchev–Trinajstić information content (AvgIpc) is 3.20. The number of unbranched alkanes of at least 4 members (excludes halogenated alkanes) is 32. The lowest BCUT2D eigenvalue weighted by atomic mass is 10.0. The number of rotatable bonds is 45. The van der Waals surface area contributed by atoms with Crippen LogP contribution < -0.4 is 5.32 Å². The monoisotopic (exact) mass is 790 g/mol. The number of carbonyl (C=O) groups excluding carboxylic acids is 2. The first-order chi connectivity index (χ1) is 27.5. The Bertz CT molecular complexity index is 874. The maximum atomic E-state index is 12.4. The summed E-state index contributed by atoms with van der Waals surface area (Å²) in [4.78, 5) is 24.4. The highest BCUT2D eigenvalue weighted by Crippen LogP contribution is 2.15. The Balaban J connectivity index is 3.57. The standard InChI is InChI=1S/C50H95NO5/c1-3-5-7-9-11-13-15-16-17-18-19-20-23-26-30-34-38-42-48(53)47(46-52)51-49(54)43-39-35-31-27-24-21-25-29-33-37-41-45-56-50(55)44-40-36-32-28-22-14-12-10-8-6-4-2/h25,29,38,42,47-48,52-53H,3-24,26-28,30-37,39-41,43-46H2,1-2H3,(H,51,54)/b29-25-,42-38+. The van der Waals surface area contributed by atoms with E-state index in [4.69, 9.17) is 4.74 Å². The number of nitrogens with one attached hydrogen (secondary N) is 1. The number of amides is 1. The zero-order valence-corrected chi connectivity index (χ0v) is 37.4. The molecule has 0 saturated carbocycles. The first-order valence-electron chi connectivity index (χ1n) is 24.6. The van der Waals surface area contributed by atoms with Crippen LogP contribution in [-0.2, 0) is 14.3 Å². The van der Waals surface area contributed by atoms with Gasteiger partial charge in [0.2, 0.25) is 5.91 Å². The lowest BCUT2D eigenvalue weighted by Gasteiger charge is -2.20. The minimum absolute atomic E-state index is 0.0336. The average molecular weight is 790 g/mol. The van der Waals surface area contributed by atoms with E-state index in [1.165, 1.54) is 148 Å². The van der Waals surface area contributed by atoms with Crippen molar-refractivity contribution in [1.29, 1.82) is 0 Å². The third kappa shape index (κ3) is 42.0. The van der Waals surface area contributed by atoms with Crippen LogP contribution >= 0.6 is 0 Å². The van der Waals surface area contributed by atoms with Crippen LogP contribution in [0.4, 0.5) is 0 Å². The fourth-order valence-electron chi connectivity index (χ4n) is 7.39. The second-order valence-electron chi connectivity index (χ2n) is 16.8. The highest BCUT2D eigenvalue weighted by molar-refractivity contribution is 5.76. The number of esters is 1. The molecule has 0 radical (unpaired) electrons. The van der Waals surface area contributed by atoms with Gasteiger partial charge in [0.1, 0.15) is 0 Å². The zero-order valence-electron chi connectivity index (χ0n) is 37.4. The summed E-state index contributed by atoms with van der Waals surface area (Å²) in [5.74, 6) is -0.130. The third-order valence-corrected chi connectivity index (χ3v) is 11.2. The van der Waals surface area contributed by atoms with Crippen LogP contribution in [0.1, 0.15) is 258 Å². The predicted octanol–water partition coefficient (Wildman–Crippen LogP) is 14.3. The Kier molecular flexibility index (Phi) is 44.7. The van der Waals surface area contributed by atoms with Gasteiger partial charge in [-0.25, -0.2) is 0 Å².